The van der Waals surface area contributed by atoms with E-state index in [4.69, 9.17) is 0 Å². The summed E-state index contributed by atoms with van der Waals surface area (Å²) in [5, 5.41) is 9.53. The van der Waals surface area contributed by atoms with Crippen molar-refractivity contribution in [2.75, 3.05) is 6.54 Å². The summed E-state index contributed by atoms with van der Waals surface area (Å²) in [7, 11) is 0. The number of likely N-dealkylation sites (tertiary alicyclic amines) is 1. The average Bonchev–Trinajstić information content (AvgIpc) is 2.77. The molecule has 0 aliphatic carbocycles. The molecule has 19 heavy (non-hydrogen) atoms. The van der Waals surface area contributed by atoms with Crippen molar-refractivity contribution < 1.29 is 9.90 Å². The van der Waals surface area contributed by atoms with E-state index in [1.165, 1.54) is 5.56 Å². The van der Waals surface area contributed by atoms with Gasteiger partial charge in [0.05, 0.1) is 0 Å². The molecule has 104 valence electrons. The van der Waals surface area contributed by atoms with Crippen LogP contribution < -0.4 is 0 Å². The van der Waals surface area contributed by atoms with E-state index >= 15 is 0 Å². The topological polar surface area (TPSA) is 40.5 Å². The zero-order chi connectivity index (χ0) is 14.0. The number of benzene rings is 1. The van der Waals surface area contributed by atoms with Crippen molar-refractivity contribution in [3.63, 3.8) is 0 Å². The summed E-state index contributed by atoms with van der Waals surface area (Å²) in [5.74, 6) is -0.708. The zero-order valence-electron chi connectivity index (χ0n) is 11.4. The molecule has 1 fully saturated rings. The smallest absolute Gasteiger partial charge is 0.323 e. The molecule has 0 saturated carbocycles. The van der Waals surface area contributed by atoms with Crippen LogP contribution in [-0.2, 0) is 4.79 Å². The molecule has 1 aliphatic rings. The molecule has 1 aromatic carbocycles. The molecule has 0 bridgehead atoms. The van der Waals surface area contributed by atoms with Gasteiger partial charge in [-0.2, -0.15) is 0 Å². The van der Waals surface area contributed by atoms with Crippen LogP contribution in [0.4, 0.5) is 0 Å². The van der Waals surface area contributed by atoms with Gasteiger partial charge in [-0.1, -0.05) is 35.0 Å². The molecule has 2 unspecified atom stereocenters. The molecule has 1 heterocycles. The summed E-state index contributed by atoms with van der Waals surface area (Å²) in [4.78, 5) is 13.7. The molecular formula is C15H20BrNO2. The van der Waals surface area contributed by atoms with E-state index in [-0.39, 0.29) is 6.04 Å². The van der Waals surface area contributed by atoms with Gasteiger partial charge in [0, 0.05) is 10.5 Å². The minimum absolute atomic E-state index is 0.177. The number of carboxylic acid groups (broad SMARTS) is 1. The number of carboxylic acids is 1. The maximum absolute atomic E-state index is 11.6. The Labute approximate surface area is 122 Å². The molecule has 2 rings (SSSR count). The first-order chi connectivity index (χ1) is 8.99. The van der Waals surface area contributed by atoms with Gasteiger partial charge < -0.3 is 5.11 Å². The van der Waals surface area contributed by atoms with E-state index in [0.29, 0.717) is 0 Å². The number of rotatable bonds is 4. The lowest BCUT2D eigenvalue weighted by molar-refractivity contribution is -0.150. The van der Waals surface area contributed by atoms with Gasteiger partial charge in [0.1, 0.15) is 5.54 Å². The highest BCUT2D eigenvalue weighted by atomic mass is 79.9. The fraction of sp³-hybridized carbons (Fsp3) is 0.533. The van der Waals surface area contributed by atoms with Crippen LogP contribution in [0.3, 0.4) is 0 Å². The molecule has 1 aliphatic heterocycles. The summed E-state index contributed by atoms with van der Waals surface area (Å²) >= 11 is 3.44. The van der Waals surface area contributed by atoms with Gasteiger partial charge in [-0.25, -0.2) is 0 Å². The van der Waals surface area contributed by atoms with Crippen LogP contribution in [0.2, 0.25) is 0 Å². The lowest BCUT2D eigenvalue weighted by Crippen LogP contribution is -2.49. The van der Waals surface area contributed by atoms with Crippen molar-refractivity contribution in [1.29, 1.82) is 0 Å². The number of halogens is 1. The second-order valence-corrected chi connectivity index (χ2v) is 6.27. The molecule has 0 amide bonds. The van der Waals surface area contributed by atoms with Gasteiger partial charge in [0.15, 0.2) is 0 Å². The fourth-order valence-corrected chi connectivity index (χ4v) is 3.30. The van der Waals surface area contributed by atoms with E-state index in [1.54, 1.807) is 0 Å². The molecule has 3 nitrogen and oxygen atoms in total. The first kappa shape index (κ1) is 14.5. The Morgan fingerprint density at radius 3 is 2.63 bits per heavy atom. The van der Waals surface area contributed by atoms with E-state index in [9.17, 15) is 9.90 Å². The van der Waals surface area contributed by atoms with Gasteiger partial charge in [-0.15, -0.1) is 0 Å². The molecule has 0 aromatic heterocycles. The standard InChI is InChI=1S/C15H20BrNO2/c1-3-13(11-5-7-12(16)8-6-11)17-10-4-9-15(17,2)14(18)19/h5-8,13H,3-4,9-10H2,1-2H3,(H,18,19). The Bertz CT molecular complexity index is 460. The Morgan fingerprint density at radius 1 is 1.47 bits per heavy atom. The predicted octanol–water partition coefficient (Wildman–Crippen LogP) is 3.84. The van der Waals surface area contributed by atoms with Crippen molar-refractivity contribution >= 4 is 21.9 Å². The number of carbonyl (C=O) groups is 1. The van der Waals surface area contributed by atoms with Gasteiger partial charge in [0.25, 0.3) is 0 Å². The lowest BCUT2D eigenvalue weighted by Gasteiger charge is -2.37. The Morgan fingerprint density at radius 2 is 2.11 bits per heavy atom. The minimum Gasteiger partial charge on any atom is -0.480 e. The highest BCUT2D eigenvalue weighted by molar-refractivity contribution is 9.10. The molecule has 4 heteroatoms. The average molecular weight is 326 g/mol. The van der Waals surface area contributed by atoms with Crippen LogP contribution in [0.25, 0.3) is 0 Å². The van der Waals surface area contributed by atoms with Crippen LogP contribution in [0.1, 0.15) is 44.7 Å². The van der Waals surface area contributed by atoms with E-state index in [2.05, 4.69) is 39.9 Å². The second-order valence-electron chi connectivity index (χ2n) is 5.35. The van der Waals surface area contributed by atoms with Crippen LogP contribution in [0.15, 0.2) is 28.7 Å². The summed E-state index contributed by atoms with van der Waals surface area (Å²) in [6.07, 6.45) is 2.61. The van der Waals surface area contributed by atoms with E-state index in [1.807, 2.05) is 19.1 Å². The van der Waals surface area contributed by atoms with Crippen molar-refractivity contribution in [2.45, 2.75) is 44.7 Å². The van der Waals surface area contributed by atoms with Crippen LogP contribution >= 0.6 is 15.9 Å². The first-order valence-electron chi connectivity index (χ1n) is 6.74. The van der Waals surface area contributed by atoms with Crippen molar-refractivity contribution in [3.8, 4) is 0 Å². The van der Waals surface area contributed by atoms with Crippen LogP contribution in [-0.4, -0.2) is 28.1 Å². The Balaban J connectivity index is 2.31. The monoisotopic (exact) mass is 325 g/mol. The highest BCUT2D eigenvalue weighted by Gasteiger charge is 2.46. The maximum Gasteiger partial charge on any atom is 0.323 e. The Kier molecular flexibility index (Phi) is 4.31. The van der Waals surface area contributed by atoms with E-state index in [0.717, 1.165) is 30.3 Å². The number of hydrogen-bond acceptors (Lipinski definition) is 2. The van der Waals surface area contributed by atoms with Gasteiger partial charge in [0.2, 0.25) is 0 Å². The first-order valence-corrected chi connectivity index (χ1v) is 7.54. The molecule has 1 aromatic rings. The number of nitrogens with zero attached hydrogens (tertiary/aromatic N) is 1. The molecule has 0 radical (unpaired) electrons. The predicted molar refractivity (Wildman–Crippen MR) is 79.2 cm³/mol. The minimum atomic E-state index is -0.728. The van der Waals surface area contributed by atoms with Crippen molar-refractivity contribution in [3.05, 3.63) is 34.3 Å². The summed E-state index contributed by atoms with van der Waals surface area (Å²) in [5.41, 5.74) is 0.466. The van der Waals surface area contributed by atoms with Gasteiger partial charge >= 0.3 is 5.97 Å². The van der Waals surface area contributed by atoms with Gasteiger partial charge in [-0.05, 0) is 50.4 Å². The second kappa shape index (κ2) is 5.63. The summed E-state index contributed by atoms with van der Waals surface area (Å²) in [6.45, 7) is 4.83. The van der Waals surface area contributed by atoms with Crippen molar-refractivity contribution in [2.24, 2.45) is 0 Å². The normalized spacial score (nSPS) is 25.4. The van der Waals surface area contributed by atoms with E-state index < -0.39 is 11.5 Å². The fourth-order valence-electron chi connectivity index (χ4n) is 3.03. The lowest BCUT2D eigenvalue weighted by atomic mass is 9.94. The SMILES string of the molecule is CCC(c1ccc(Br)cc1)N1CCCC1(C)C(=O)O. The number of hydrogen-bond donors (Lipinski definition) is 1. The molecule has 1 saturated heterocycles. The van der Waals surface area contributed by atoms with Crippen LogP contribution in [0.5, 0.6) is 0 Å². The third-order valence-electron chi connectivity index (χ3n) is 4.17. The van der Waals surface area contributed by atoms with Crippen LogP contribution in [0, 0.1) is 0 Å². The molecule has 0 spiro atoms. The molecular weight excluding hydrogens is 306 g/mol. The number of aliphatic carboxylic acids is 1. The highest BCUT2D eigenvalue weighted by Crippen LogP contribution is 2.38. The molecule has 1 N–H and O–H groups in total. The third-order valence-corrected chi connectivity index (χ3v) is 4.70. The third kappa shape index (κ3) is 2.70. The van der Waals surface area contributed by atoms with Crippen molar-refractivity contribution in [1.82, 2.24) is 4.90 Å². The largest absolute Gasteiger partial charge is 0.480 e. The zero-order valence-corrected chi connectivity index (χ0v) is 13.0. The summed E-state index contributed by atoms with van der Waals surface area (Å²) < 4.78 is 1.05. The maximum atomic E-state index is 11.6. The molecule has 2 atom stereocenters. The quantitative estimate of drug-likeness (QED) is 0.914. The summed E-state index contributed by atoms with van der Waals surface area (Å²) in [6, 6.07) is 8.38. The Hall–Kier alpha value is -0.870. The van der Waals surface area contributed by atoms with Gasteiger partial charge in [-0.3, -0.25) is 9.69 Å².